The fraction of sp³-hybridized carbons (Fsp3) is 0.312. The number of nitrogens with zero attached hydrogens (tertiary/aromatic N) is 3. The number of sulfone groups is 1. The molecule has 8 heteroatoms. The maximum atomic E-state index is 11.5. The number of aryl methyl sites for hydroxylation is 1. The minimum atomic E-state index is -2.95. The van der Waals surface area contributed by atoms with Gasteiger partial charge in [0.15, 0.2) is 9.84 Å². The summed E-state index contributed by atoms with van der Waals surface area (Å²) >= 11 is 0. The number of benzene rings is 1. The van der Waals surface area contributed by atoms with Crippen LogP contribution in [0.3, 0.4) is 0 Å². The molecule has 3 rings (SSSR count). The zero-order valence-corrected chi connectivity index (χ0v) is 14.0. The molecule has 0 aliphatic carbocycles. The monoisotopic (exact) mass is 343 g/mol. The molecule has 0 saturated carbocycles. The van der Waals surface area contributed by atoms with Gasteiger partial charge in [-0.05, 0) is 37.6 Å². The van der Waals surface area contributed by atoms with Crippen molar-refractivity contribution >= 4 is 27.3 Å². The molecule has 0 amide bonds. The summed E-state index contributed by atoms with van der Waals surface area (Å²) in [6.45, 7) is 1.85. The third kappa shape index (κ3) is 4.00. The van der Waals surface area contributed by atoms with E-state index in [1.54, 1.807) is 30.3 Å². The van der Waals surface area contributed by atoms with E-state index in [4.69, 9.17) is 5.26 Å². The van der Waals surface area contributed by atoms with Crippen molar-refractivity contribution in [3.8, 4) is 6.07 Å². The van der Waals surface area contributed by atoms with E-state index in [-0.39, 0.29) is 17.5 Å². The van der Waals surface area contributed by atoms with Crippen LogP contribution in [0, 0.1) is 18.3 Å². The van der Waals surface area contributed by atoms with Gasteiger partial charge in [0.25, 0.3) is 0 Å². The van der Waals surface area contributed by atoms with Crippen molar-refractivity contribution in [3.05, 3.63) is 41.6 Å². The topological polar surface area (TPSA) is 108 Å². The summed E-state index contributed by atoms with van der Waals surface area (Å²) in [5, 5.41) is 15.1. The number of rotatable bonds is 4. The Morgan fingerprint density at radius 3 is 2.62 bits per heavy atom. The first kappa shape index (κ1) is 16.2. The Hall–Kier alpha value is -2.66. The lowest BCUT2D eigenvalue weighted by Gasteiger charge is -2.13. The van der Waals surface area contributed by atoms with Gasteiger partial charge in [-0.1, -0.05) is 0 Å². The largest absolute Gasteiger partial charge is 0.350 e. The number of hydrogen-bond acceptors (Lipinski definition) is 7. The number of nitriles is 1. The summed E-state index contributed by atoms with van der Waals surface area (Å²) in [5.74, 6) is 1.33. The molecule has 1 aliphatic heterocycles. The van der Waals surface area contributed by atoms with Crippen molar-refractivity contribution in [1.82, 2.24) is 9.97 Å². The van der Waals surface area contributed by atoms with Crippen LogP contribution in [-0.4, -0.2) is 35.9 Å². The Morgan fingerprint density at radius 2 is 2.00 bits per heavy atom. The zero-order chi connectivity index (χ0) is 17.2. The highest BCUT2D eigenvalue weighted by molar-refractivity contribution is 7.91. The minimum Gasteiger partial charge on any atom is -0.350 e. The van der Waals surface area contributed by atoms with Crippen LogP contribution in [0.15, 0.2) is 30.3 Å². The number of anilines is 3. The molecule has 0 radical (unpaired) electrons. The average molecular weight is 343 g/mol. The highest BCUT2D eigenvalue weighted by Gasteiger charge is 2.28. The van der Waals surface area contributed by atoms with E-state index in [9.17, 15) is 8.42 Å². The van der Waals surface area contributed by atoms with Gasteiger partial charge in [-0.25, -0.2) is 13.4 Å². The van der Waals surface area contributed by atoms with Crippen molar-refractivity contribution in [2.24, 2.45) is 0 Å². The molecule has 1 atom stereocenters. The van der Waals surface area contributed by atoms with Gasteiger partial charge in [0, 0.05) is 23.5 Å². The molecule has 1 aromatic heterocycles. The molecule has 1 unspecified atom stereocenters. The van der Waals surface area contributed by atoms with Crippen molar-refractivity contribution < 1.29 is 8.42 Å². The van der Waals surface area contributed by atoms with Gasteiger partial charge in [-0.15, -0.1) is 0 Å². The van der Waals surface area contributed by atoms with E-state index < -0.39 is 9.84 Å². The normalized spacial score (nSPS) is 18.8. The molecule has 2 aromatic rings. The fourth-order valence-corrected chi connectivity index (χ4v) is 4.24. The number of hydrogen-bond donors (Lipinski definition) is 2. The fourth-order valence-electron chi connectivity index (χ4n) is 2.56. The number of nitrogens with one attached hydrogen (secondary N) is 2. The molecular weight excluding hydrogens is 326 g/mol. The smallest absolute Gasteiger partial charge is 0.225 e. The maximum absolute atomic E-state index is 11.5. The maximum Gasteiger partial charge on any atom is 0.225 e. The van der Waals surface area contributed by atoms with Gasteiger partial charge in [0.1, 0.15) is 5.82 Å². The summed E-state index contributed by atoms with van der Waals surface area (Å²) in [5.41, 5.74) is 2.16. The first-order valence-electron chi connectivity index (χ1n) is 7.53. The summed E-state index contributed by atoms with van der Waals surface area (Å²) in [6.07, 6.45) is 0.567. The highest BCUT2D eigenvalue weighted by Crippen LogP contribution is 2.19. The van der Waals surface area contributed by atoms with Gasteiger partial charge in [0.05, 0.1) is 23.1 Å². The Labute approximate surface area is 140 Å². The second-order valence-corrected chi connectivity index (χ2v) is 8.01. The van der Waals surface area contributed by atoms with Crippen LogP contribution in [0.1, 0.15) is 17.7 Å². The van der Waals surface area contributed by atoms with Gasteiger partial charge in [-0.2, -0.15) is 10.2 Å². The molecule has 2 heterocycles. The van der Waals surface area contributed by atoms with E-state index in [1.807, 2.05) is 6.92 Å². The first-order valence-corrected chi connectivity index (χ1v) is 9.35. The van der Waals surface area contributed by atoms with E-state index in [0.717, 1.165) is 11.4 Å². The molecule has 124 valence electrons. The van der Waals surface area contributed by atoms with Crippen molar-refractivity contribution in [1.29, 1.82) is 5.26 Å². The van der Waals surface area contributed by atoms with E-state index in [1.165, 1.54) is 0 Å². The molecule has 0 bridgehead atoms. The van der Waals surface area contributed by atoms with Crippen LogP contribution in [0.2, 0.25) is 0 Å². The van der Waals surface area contributed by atoms with Gasteiger partial charge >= 0.3 is 0 Å². The Morgan fingerprint density at radius 1 is 1.25 bits per heavy atom. The standard InChI is InChI=1S/C16H17N5O2S/c1-11-8-15(19-13-4-2-12(9-17)3-5-13)21-16(18-11)20-14-6-7-24(22,23)10-14/h2-5,8,14H,6-7,10H2,1H3,(H2,18,19,20,21). The average Bonchev–Trinajstić information content (AvgIpc) is 2.86. The Bertz CT molecular complexity index is 888. The van der Waals surface area contributed by atoms with Crippen LogP contribution in [0.5, 0.6) is 0 Å². The van der Waals surface area contributed by atoms with E-state index in [2.05, 4.69) is 26.7 Å². The summed E-state index contributed by atoms with van der Waals surface area (Å²) in [7, 11) is -2.95. The van der Waals surface area contributed by atoms with E-state index in [0.29, 0.717) is 23.8 Å². The predicted molar refractivity (Wildman–Crippen MR) is 91.9 cm³/mol. The van der Waals surface area contributed by atoms with Crippen molar-refractivity contribution in [2.45, 2.75) is 19.4 Å². The lowest BCUT2D eigenvalue weighted by atomic mass is 10.2. The Kier molecular flexibility index (Phi) is 4.36. The van der Waals surface area contributed by atoms with Gasteiger partial charge < -0.3 is 10.6 Å². The highest BCUT2D eigenvalue weighted by atomic mass is 32.2. The molecular formula is C16H17N5O2S. The lowest BCUT2D eigenvalue weighted by Crippen LogP contribution is -2.22. The zero-order valence-electron chi connectivity index (χ0n) is 13.2. The SMILES string of the molecule is Cc1cc(Nc2ccc(C#N)cc2)nc(NC2CCS(=O)(=O)C2)n1. The number of aromatic nitrogens is 2. The van der Waals surface area contributed by atoms with Crippen LogP contribution in [-0.2, 0) is 9.84 Å². The van der Waals surface area contributed by atoms with E-state index >= 15 is 0 Å². The first-order chi connectivity index (χ1) is 11.4. The molecule has 2 N–H and O–H groups in total. The quantitative estimate of drug-likeness (QED) is 0.874. The summed E-state index contributed by atoms with van der Waals surface area (Å²) in [6, 6.07) is 10.8. The second-order valence-electron chi connectivity index (χ2n) is 5.78. The molecule has 1 aliphatic rings. The lowest BCUT2D eigenvalue weighted by molar-refractivity contribution is 0.602. The second kappa shape index (κ2) is 6.45. The molecule has 1 saturated heterocycles. The van der Waals surface area contributed by atoms with Crippen LogP contribution < -0.4 is 10.6 Å². The van der Waals surface area contributed by atoms with Crippen molar-refractivity contribution in [2.75, 3.05) is 22.1 Å². The van der Waals surface area contributed by atoms with Gasteiger partial charge in [-0.3, -0.25) is 0 Å². The predicted octanol–water partition coefficient (Wildman–Crippen LogP) is 2.00. The van der Waals surface area contributed by atoms with Gasteiger partial charge in [0.2, 0.25) is 5.95 Å². The minimum absolute atomic E-state index is 0.114. The van der Waals surface area contributed by atoms with Crippen molar-refractivity contribution in [3.63, 3.8) is 0 Å². The Balaban J connectivity index is 1.75. The van der Waals surface area contributed by atoms with Crippen LogP contribution >= 0.6 is 0 Å². The molecule has 1 aromatic carbocycles. The van der Waals surface area contributed by atoms with Crippen LogP contribution in [0.25, 0.3) is 0 Å². The molecule has 7 nitrogen and oxygen atoms in total. The molecule has 0 spiro atoms. The van der Waals surface area contributed by atoms with Crippen LogP contribution in [0.4, 0.5) is 17.5 Å². The summed E-state index contributed by atoms with van der Waals surface area (Å²) in [4.78, 5) is 8.70. The third-order valence-electron chi connectivity index (χ3n) is 3.71. The summed E-state index contributed by atoms with van der Waals surface area (Å²) < 4.78 is 23.1. The molecule has 24 heavy (non-hydrogen) atoms. The molecule has 1 fully saturated rings. The third-order valence-corrected chi connectivity index (χ3v) is 5.47.